The van der Waals surface area contributed by atoms with Gasteiger partial charge in [-0.1, -0.05) is 67.5 Å². The number of H-pyrrole nitrogens is 3. The van der Waals surface area contributed by atoms with Crippen LogP contribution in [0.15, 0.2) is 18.6 Å². The zero-order chi connectivity index (χ0) is 23.3. The van der Waals surface area contributed by atoms with Crippen molar-refractivity contribution in [2.75, 3.05) is 0 Å². The molecule has 3 rings (SSSR count). The molecule has 0 fully saturated rings. The topological polar surface area (TPSA) is 146 Å². The van der Waals surface area contributed by atoms with Gasteiger partial charge in [0.1, 0.15) is 11.6 Å². The molecular weight excluding hydrogens is 428 g/mol. The first-order chi connectivity index (χ1) is 13.5. The Hall–Kier alpha value is -2.34. The van der Waals surface area contributed by atoms with Crippen LogP contribution in [0.1, 0.15) is 79.8 Å². The Balaban J connectivity index is 0.000000225. The van der Waals surface area contributed by atoms with Gasteiger partial charge in [-0.3, -0.25) is 19.3 Å². The molecule has 0 aliphatic rings. The van der Waals surface area contributed by atoms with Crippen LogP contribution in [0.3, 0.4) is 0 Å². The molecule has 0 bridgehead atoms. The van der Waals surface area contributed by atoms with Crippen molar-refractivity contribution in [1.29, 1.82) is 0 Å². The summed E-state index contributed by atoms with van der Waals surface area (Å²) >= 11 is 5.66. The third-order valence-electron chi connectivity index (χ3n) is 3.45. The molecule has 12 heteroatoms. The van der Waals surface area contributed by atoms with E-state index in [9.17, 15) is 9.59 Å². The molecule has 3 heterocycles. The van der Waals surface area contributed by atoms with Crippen molar-refractivity contribution in [2.45, 2.75) is 78.6 Å². The highest BCUT2D eigenvalue weighted by molar-refractivity contribution is 7.71. The van der Waals surface area contributed by atoms with E-state index in [-0.39, 0.29) is 26.0 Å². The quantitative estimate of drug-likeness (QED) is 0.431. The fraction of sp³-hybridized carbons (Fsp3) is 0.667. The van der Waals surface area contributed by atoms with Crippen molar-refractivity contribution in [3.05, 3.63) is 42.5 Å². The third kappa shape index (κ3) is 8.57. The van der Waals surface area contributed by atoms with Gasteiger partial charge in [0.05, 0.1) is 0 Å². The summed E-state index contributed by atoms with van der Waals surface area (Å²) in [6.07, 6.45) is 0. The van der Waals surface area contributed by atoms with Gasteiger partial charge in [0, 0.05) is 27.8 Å². The van der Waals surface area contributed by atoms with Crippen LogP contribution in [-0.4, -0.2) is 29.6 Å². The second-order valence-corrected chi connectivity index (χ2v) is 10.7. The molecule has 0 radical (unpaired) electrons. The molecule has 168 valence electrons. The molecule has 0 unspecified atom stereocenters. The summed E-state index contributed by atoms with van der Waals surface area (Å²) in [5.41, 5.74) is -0.202. The van der Waals surface area contributed by atoms with Crippen LogP contribution < -0.4 is 10.6 Å². The van der Waals surface area contributed by atoms with Crippen LogP contribution in [0.5, 0.6) is 0 Å². The fourth-order valence-corrected chi connectivity index (χ4v) is 2.43. The highest BCUT2D eigenvalue weighted by Gasteiger charge is 2.19. The zero-order valence-electron chi connectivity index (χ0n) is 18.8. The summed E-state index contributed by atoms with van der Waals surface area (Å²) in [6, 6.07) is 0. The standard InChI is InChI=1S/C6H10N2O2.2C6H10N2OS/c2*1-6(2,3)4-7-5(9)10-8-4;1-6(2,3)4-7-5(10)9-8-4/h2*1-3H3,(H,7,8,9);1-3H3,(H,7,8,10). The molecule has 0 amide bonds. The highest BCUT2D eigenvalue weighted by atomic mass is 32.1. The normalized spacial score (nSPS) is 11.9. The Bertz CT molecular complexity index is 941. The van der Waals surface area contributed by atoms with Crippen LogP contribution in [0.2, 0.25) is 0 Å². The SMILES string of the molecule is CC(C)(C)c1nc(=S)o[nH]1.CC(C)(C)c1noc(=O)[nH]1.CC(C)(C)c1nsc(=O)[nH]1. The number of hydrogen-bond donors (Lipinski definition) is 3. The molecule has 0 saturated carbocycles. The van der Waals surface area contributed by atoms with Gasteiger partial charge in [-0.05, 0) is 12.2 Å². The minimum atomic E-state index is -0.495. The van der Waals surface area contributed by atoms with Gasteiger partial charge in [0.25, 0.3) is 0 Å². The van der Waals surface area contributed by atoms with Gasteiger partial charge < -0.3 is 4.52 Å². The summed E-state index contributed by atoms with van der Waals surface area (Å²) in [5, 5.41) is 6.20. The predicted molar refractivity (Wildman–Crippen MR) is 118 cm³/mol. The first-order valence-electron chi connectivity index (χ1n) is 9.19. The van der Waals surface area contributed by atoms with Gasteiger partial charge in [-0.25, -0.2) is 9.95 Å². The molecule has 0 aliphatic carbocycles. The minimum absolute atomic E-state index is 0.0133. The molecule has 30 heavy (non-hydrogen) atoms. The minimum Gasteiger partial charge on any atom is -0.348 e. The molecule has 3 aromatic rings. The van der Waals surface area contributed by atoms with Crippen LogP contribution >= 0.6 is 23.8 Å². The number of nitrogens with one attached hydrogen (secondary N) is 3. The summed E-state index contributed by atoms with van der Waals surface area (Å²) in [4.78, 5) is 30.4. The number of aromatic amines is 3. The Labute approximate surface area is 183 Å². The van der Waals surface area contributed by atoms with Crippen molar-refractivity contribution in [3.8, 4) is 0 Å². The molecule has 0 spiro atoms. The second-order valence-electron chi connectivity index (χ2n) is 9.57. The van der Waals surface area contributed by atoms with E-state index in [2.05, 4.69) is 34.2 Å². The Morgan fingerprint density at radius 2 is 1.37 bits per heavy atom. The van der Waals surface area contributed by atoms with Crippen molar-refractivity contribution in [1.82, 2.24) is 29.6 Å². The molecule has 0 saturated heterocycles. The Morgan fingerprint density at radius 3 is 1.57 bits per heavy atom. The summed E-state index contributed by atoms with van der Waals surface area (Å²) in [6.45, 7) is 18.0. The van der Waals surface area contributed by atoms with Crippen molar-refractivity contribution < 1.29 is 9.05 Å². The molecule has 0 atom stereocenters. The lowest BCUT2D eigenvalue weighted by Gasteiger charge is -2.12. The maximum absolute atomic E-state index is 10.6. The Morgan fingerprint density at radius 1 is 0.833 bits per heavy atom. The highest BCUT2D eigenvalue weighted by Crippen LogP contribution is 2.17. The largest absolute Gasteiger partial charge is 0.438 e. The predicted octanol–water partition coefficient (Wildman–Crippen LogP) is 3.82. The van der Waals surface area contributed by atoms with Crippen molar-refractivity contribution in [2.24, 2.45) is 0 Å². The van der Waals surface area contributed by atoms with Crippen molar-refractivity contribution >= 4 is 23.8 Å². The molecule has 3 N–H and O–H groups in total. The second kappa shape index (κ2) is 9.65. The zero-order valence-corrected chi connectivity index (χ0v) is 20.4. The van der Waals surface area contributed by atoms with Gasteiger partial charge in [0.2, 0.25) is 0 Å². The molecular formula is C18H30N6O4S2. The Kier molecular flexibility index (Phi) is 8.26. The molecule has 10 nitrogen and oxygen atoms in total. The number of rotatable bonds is 0. The van der Waals surface area contributed by atoms with E-state index in [1.165, 1.54) is 0 Å². The first kappa shape index (κ1) is 25.7. The summed E-state index contributed by atoms with van der Waals surface area (Å²) in [5.74, 6) is 1.64. The van der Waals surface area contributed by atoms with Gasteiger partial charge in [-0.15, -0.1) is 0 Å². The molecule has 0 aliphatic heterocycles. The summed E-state index contributed by atoms with van der Waals surface area (Å²) in [7, 11) is 0. The van der Waals surface area contributed by atoms with E-state index >= 15 is 0 Å². The maximum atomic E-state index is 10.6. The third-order valence-corrected chi connectivity index (χ3v) is 4.17. The maximum Gasteiger partial charge on any atom is 0.438 e. The van der Waals surface area contributed by atoms with Crippen LogP contribution in [-0.2, 0) is 16.2 Å². The smallest absolute Gasteiger partial charge is 0.348 e. The van der Waals surface area contributed by atoms with Crippen LogP contribution in [0, 0.1) is 4.84 Å². The molecule has 3 aromatic heterocycles. The summed E-state index contributed by atoms with van der Waals surface area (Å²) < 4.78 is 13.1. The lowest BCUT2D eigenvalue weighted by Crippen LogP contribution is -2.14. The van der Waals surface area contributed by atoms with Gasteiger partial charge in [0.15, 0.2) is 5.82 Å². The van der Waals surface area contributed by atoms with E-state index in [1.54, 1.807) is 0 Å². The van der Waals surface area contributed by atoms with E-state index in [1.807, 2.05) is 62.3 Å². The monoisotopic (exact) mass is 458 g/mol. The first-order valence-corrected chi connectivity index (χ1v) is 10.4. The van der Waals surface area contributed by atoms with E-state index in [0.29, 0.717) is 5.82 Å². The van der Waals surface area contributed by atoms with E-state index in [4.69, 9.17) is 16.7 Å². The number of hydrogen-bond acceptors (Lipinski definition) is 9. The molecule has 0 aromatic carbocycles. The average molecular weight is 459 g/mol. The average Bonchev–Trinajstić information content (AvgIpc) is 3.27. The number of nitrogens with zero attached hydrogens (tertiary/aromatic N) is 3. The van der Waals surface area contributed by atoms with E-state index < -0.39 is 5.76 Å². The fourth-order valence-electron chi connectivity index (χ4n) is 1.66. The lowest BCUT2D eigenvalue weighted by atomic mass is 9.96. The lowest BCUT2D eigenvalue weighted by molar-refractivity contribution is 0.369. The van der Waals surface area contributed by atoms with Crippen LogP contribution in [0.4, 0.5) is 0 Å². The van der Waals surface area contributed by atoms with E-state index in [0.717, 1.165) is 23.2 Å². The van der Waals surface area contributed by atoms with Crippen LogP contribution in [0.25, 0.3) is 0 Å². The van der Waals surface area contributed by atoms with Gasteiger partial charge >= 0.3 is 15.5 Å². The van der Waals surface area contributed by atoms with Crippen molar-refractivity contribution in [3.63, 3.8) is 0 Å². The van der Waals surface area contributed by atoms with Gasteiger partial charge in [-0.2, -0.15) is 9.36 Å². The number of aromatic nitrogens is 6.